The van der Waals surface area contributed by atoms with E-state index in [0.29, 0.717) is 5.92 Å². The van der Waals surface area contributed by atoms with Gasteiger partial charge in [0.25, 0.3) is 5.91 Å². The van der Waals surface area contributed by atoms with Crippen LogP contribution in [0, 0.1) is 11.7 Å². The number of carbonyl (C=O) groups is 2. The highest BCUT2D eigenvalue weighted by Crippen LogP contribution is 2.33. The zero-order valence-corrected chi connectivity index (χ0v) is 14.2. The molecule has 2 fully saturated rings. The Bertz CT molecular complexity index is 656. The third-order valence-corrected chi connectivity index (χ3v) is 4.91. The minimum Gasteiger partial charge on any atom is -0.494 e. The molecule has 1 aromatic carbocycles. The Hall–Kier alpha value is -2.15. The number of carboxylic acid groups (broad SMARTS) is 1. The van der Waals surface area contributed by atoms with Crippen LogP contribution in [0.4, 0.5) is 4.39 Å². The fraction of sp³-hybridized carbons (Fsp3) is 0.556. The van der Waals surface area contributed by atoms with Crippen molar-refractivity contribution in [3.8, 4) is 5.75 Å². The molecule has 0 atom stereocenters. The molecule has 0 saturated heterocycles. The first-order chi connectivity index (χ1) is 12.0. The van der Waals surface area contributed by atoms with E-state index in [9.17, 15) is 14.0 Å². The van der Waals surface area contributed by atoms with E-state index >= 15 is 0 Å². The fourth-order valence-corrected chi connectivity index (χ4v) is 3.23. The van der Waals surface area contributed by atoms with E-state index in [1.165, 1.54) is 32.1 Å². The molecule has 1 aromatic rings. The maximum absolute atomic E-state index is 13.7. The molecule has 0 unspecified atom stereocenters. The van der Waals surface area contributed by atoms with Gasteiger partial charge in [-0.15, -0.1) is 0 Å². The summed E-state index contributed by atoms with van der Waals surface area (Å²) in [5, 5.41) is 11.9. The van der Waals surface area contributed by atoms with Crippen molar-refractivity contribution in [2.24, 2.45) is 5.92 Å². The first kappa shape index (κ1) is 17.7. The number of rotatable bonds is 8. The average molecular weight is 350 g/mol. The maximum atomic E-state index is 13.7. The van der Waals surface area contributed by atoms with Gasteiger partial charge in [0.2, 0.25) is 0 Å². The van der Waals surface area contributed by atoms with Crippen molar-refractivity contribution in [3.63, 3.8) is 0 Å². The molecule has 6 nitrogen and oxygen atoms in total. The third-order valence-electron chi connectivity index (χ3n) is 4.91. The second-order valence-corrected chi connectivity index (χ2v) is 6.91. The van der Waals surface area contributed by atoms with Gasteiger partial charge in [0.05, 0.1) is 13.7 Å². The lowest BCUT2D eigenvalue weighted by molar-refractivity contribution is -0.139. The summed E-state index contributed by atoms with van der Waals surface area (Å²) in [5.41, 5.74) is 0.252. The Kier molecular flexibility index (Phi) is 5.22. The highest BCUT2D eigenvalue weighted by Gasteiger charge is 2.37. The maximum Gasteiger partial charge on any atom is 0.317 e. The zero-order valence-electron chi connectivity index (χ0n) is 14.2. The minimum atomic E-state index is -0.818. The third kappa shape index (κ3) is 4.48. The summed E-state index contributed by atoms with van der Waals surface area (Å²) < 4.78 is 18.5. The van der Waals surface area contributed by atoms with E-state index in [4.69, 9.17) is 9.84 Å². The lowest BCUT2D eigenvalue weighted by Gasteiger charge is -2.42. The number of nitrogens with zero attached hydrogens (tertiary/aromatic N) is 1. The molecular weight excluding hydrogens is 327 g/mol. The van der Waals surface area contributed by atoms with Gasteiger partial charge in [-0.05, 0) is 49.8 Å². The molecule has 0 heterocycles. The van der Waals surface area contributed by atoms with E-state index in [1.807, 2.05) is 4.90 Å². The number of aliphatic carboxylic acids is 1. The van der Waals surface area contributed by atoms with Gasteiger partial charge in [-0.1, -0.05) is 0 Å². The molecule has 7 heteroatoms. The van der Waals surface area contributed by atoms with Crippen molar-refractivity contribution in [1.82, 2.24) is 10.2 Å². The summed E-state index contributed by atoms with van der Waals surface area (Å²) in [7, 11) is 1.37. The summed E-state index contributed by atoms with van der Waals surface area (Å²) in [4.78, 5) is 25.3. The van der Waals surface area contributed by atoms with Gasteiger partial charge in [0, 0.05) is 24.2 Å². The Morgan fingerprint density at radius 1 is 1.36 bits per heavy atom. The van der Waals surface area contributed by atoms with Crippen LogP contribution in [0.5, 0.6) is 5.75 Å². The Morgan fingerprint density at radius 3 is 2.64 bits per heavy atom. The molecule has 25 heavy (non-hydrogen) atoms. The van der Waals surface area contributed by atoms with Crippen molar-refractivity contribution in [2.45, 2.75) is 37.8 Å². The van der Waals surface area contributed by atoms with E-state index in [2.05, 4.69) is 5.32 Å². The van der Waals surface area contributed by atoms with Gasteiger partial charge in [-0.3, -0.25) is 14.5 Å². The molecule has 136 valence electrons. The molecule has 2 N–H and O–H groups in total. The van der Waals surface area contributed by atoms with Gasteiger partial charge < -0.3 is 15.2 Å². The van der Waals surface area contributed by atoms with Gasteiger partial charge >= 0.3 is 5.97 Å². The average Bonchev–Trinajstić information content (AvgIpc) is 3.33. The number of benzene rings is 1. The topological polar surface area (TPSA) is 78.9 Å². The van der Waals surface area contributed by atoms with Crippen molar-refractivity contribution in [2.75, 3.05) is 20.2 Å². The molecule has 0 bridgehead atoms. The van der Waals surface area contributed by atoms with E-state index in [1.54, 1.807) is 0 Å². The van der Waals surface area contributed by atoms with Crippen LogP contribution >= 0.6 is 0 Å². The number of carbonyl (C=O) groups excluding carboxylic acids is 1. The molecular formula is C18H23FN2O4. The summed E-state index contributed by atoms with van der Waals surface area (Å²) in [5.74, 6) is -0.988. The predicted octanol–water partition coefficient (Wildman–Crippen LogP) is 1.89. The Labute approximate surface area is 146 Å². The summed E-state index contributed by atoms with van der Waals surface area (Å²) in [6.07, 6.45) is 3.80. The predicted molar refractivity (Wildman–Crippen MR) is 89.2 cm³/mol. The van der Waals surface area contributed by atoms with Crippen LogP contribution in [0.2, 0.25) is 0 Å². The number of amides is 1. The van der Waals surface area contributed by atoms with E-state index < -0.39 is 11.8 Å². The smallest absolute Gasteiger partial charge is 0.317 e. The lowest BCUT2D eigenvalue weighted by atomic mass is 9.85. The number of methoxy groups -OCH3 is 1. The molecule has 0 aromatic heterocycles. The SMILES string of the molecule is COc1ccc(C(=O)NC2CC(N(CC(=O)O)CC3CC3)C2)cc1F. The molecule has 0 spiro atoms. The summed E-state index contributed by atoms with van der Waals surface area (Å²) in [6.45, 7) is 0.868. The molecule has 2 aliphatic rings. The van der Waals surface area contributed by atoms with Crippen LogP contribution in [-0.2, 0) is 4.79 Å². The van der Waals surface area contributed by atoms with Crippen LogP contribution < -0.4 is 10.1 Å². The van der Waals surface area contributed by atoms with Crippen molar-refractivity contribution >= 4 is 11.9 Å². The first-order valence-electron chi connectivity index (χ1n) is 8.56. The van der Waals surface area contributed by atoms with Crippen LogP contribution in [0.1, 0.15) is 36.0 Å². The van der Waals surface area contributed by atoms with Gasteiger partial charge in [-0.25, -0.2) is 4.39 Å². The van der Waals surface area contributed by atoms with E-state index in [-0.39, 0.29) is 35.8 Å². The van der Waals surface area contributed by atoms with Crippen LogP contribution in [0.15, 0.2) is 18.2 Å². The molecule has 3 rings (SSSR count). The first-order valence-corrected chi connectivity index (χ1v) is 8.56. The van der Waals surface area contributed by atoms with Crippen molar-refractivity contribution in [1.29, 1.82) is 0 Å². The fourth-order valence-electron chi connectivity index (χ4n) is 3.23. The highest BCUT2D eigenvalue weighted by molar-refractivity contribution is 5.94. The standard InChI is InChI=1S/C18H23FN2O4/c1-25-16-5-4-12(6-15(16)19)18(24)20-13-7-14(8-13)21(10-17(22)23)9-11-2-3-11/h4-6,11,13-14H,2-3,7-10H2,1H3,(H,20,24)(H,22,23). The second-order valence-electron chi connectivity index (χ2n) is 6.91. The summed E-state index contributed by atoms with van der Waals surface area (Å²) >= 11 is 0. The van der Waals surface area contributed by atoms with Crippen LogP contribution in [0.25, 0.3) is 0 Å². The van der Waals surface area contributed by atoms with Gasteiger partial charge in [0.1, 0.15) is 0 Å². The number of ether oxygens (including phenoxy) is 1. The number of carboxylic acids is 1. The lowest BCUT2D eigenvalue weighted by Crippen LogP contribution is -2.55. The van der Waals surface area contributed by atoms with Crippen LogP contribution in [-0.4, -0.2) is 54.2 Å². The molecule has 1 amide bonds. The molecule has 2 saturated carbocycles. The van der Waals surface area contributed by atoms with Crippen molar-refractivity contribution < 1.29 is 23.8 Å². The largest absolute Gasteiger partial charge is 0.494 e. The Balaban J connectivity index is 1.50. The van der Waals surface area contributed by atoms with Gasteiger partial charge in [-0.2, -0.15) is 0 Å². The number of hydrogen-bond donors (Lipinski definition) is 2. The van der Waals surface area contributed by atoms with E-state index in [0.717, 1.165) is 25.5 Å². The number of nitrogens with one attached hydrogen (secondary N) is 1. The van der Waals surface area contributed by atoms with Crippen LogP contribution in [0.3, 0.4) is 0 Å². The van der Waals surface area contributed by atoms with Crippen molar-refractivity contribution in [3.05, 3.63) is 29.6 Å². The molecule has 0 radical (unpaired) electrons. The minimum absolute atomic E-state index is 0.00170. The summed E-state index contributed by atoms with van der Waals surface area (Å²) in [6, 6.07) is 4.30. The van der Waals surface area contributed by atoms with Gasteiger partial charge in [0.15, 0.2) is 11.6 Å². The quantitative estimate of drug-likeness (QED) is 0.749. The monoisotopic (exact) mass is 350 g/mol. The number of halogens is 1. The molecule has 2 aliphatic carbocycles. The zero-order chi connectivity index (χ0) is 18.0. The highest BCUT2D eigenvalue weighted by atomic mass is 19.1. The number of hydrogen-bond acceptors (Lipinski definition) is 4. The molecule has 0 aliphatic heterocycles. The normalized spacial score (nSPS) is 22.4. The Morgan fingerprint density at radius 2 is 2.08 bits per heavy atom. The second kappa shape index (κ2) is 7.39.